The molecule has 0 saturated carbocycles. The molecule has 0 N–H and O–H groups in total. The van der Waals surface area contributed by atoms with Gasteiger partial charge in [0, 0.05) is 49.4 Å². The predicted octanol–water partition coefficient (Wildman–Crippen LogP) is 13.8. The highest BCUT2D eigenvalue weighted by Crippen LogP contribution is 2.53. The summed E-state index contributed by atoms with van der Waals surface area (Å²) in [5.41, 5.74) is 10.9. The van der Waals surface area contributed by atoms with Crippen molar-refractivity contribution in [1.29, 1.82) is 0 Å². The number of nitrogens with zero attached hydrogens (tertiary/aromatic N) is 2. The molecule has 0 fully saturated rings. The zero-order chi connectivity index (χ0) is 33.0. The van der Waals surface area contributed by atoms with Gasteiger partial charge >= 0.3 is 0 Å². The van der Waals surface area contributed by atoms with E-state index in [1.807, 2.05) is 23.9 Å². The molecule has 0 radical (unpaired) electrons. The van der Waals surface area contributed by atoms with Crippen LogP contribution in [0.2, 0.25) is 0 Å². The predicted molar refractivity (Wildman–Crippen MR) is 210 cm³/mol. The van der Waals surface area contributed by atoms with E-state index < -0.39 is 0 Å². The molecule has 0 saturated heterocycles. The Labute approximate surface area is 294 Å². The molecule has 0 bridgehead atoms. The largest absolute Gasteiger partial charge is 0.456 e. The van der Waals surface area contributed by atoms with E-state index in [4.69, 9.17) is 4.42 Å². The van der Waals surface area contributed by atoms with Crippen LogP contribution in [0, 0.1) is 0 Å². The Morgan fingerprint density at radius 2 is 1.12 bits per heavy atom. The lowest BCUT2D eigenvalue weighted by Crippen LogP contribution is -2.16. The minimum Gasteiger partial charge on any atom is -0.456 e. The lowest BCUT2D eigenvalue weighted by atomic mass is 9.98. The summed E-state index contributed by atoms with van der Waals surface area (Å²) >= 11 is 1.82. The molecular weight excluding hydrogens is 629 g/mol. The van der Waals surface area contributed by atoms with Gasteiger partial charge in [0.1, 0.15) is 11.2 Å². The van der Waals surface area contributed by atoms with Gasteiger partial charge in [-0.2, -0.15) is 0 Å². The molecule has 3 nitrogen and oxygen atoms in total. The van der Waals surface area contributed by atoms with Crippen LogP contribution < -0.4 is 9.80 Å². The second-order valence-electron chi connectivity index (χ2n) is 12.6. The highest BCUT2D eigenvalue weighted by molar-refractivity contribution is 7.99. The standard InChI is InChI=1S/C46H30N2OS/c1-2-13-33(14-3-1)47(34-23-21-32(22-24-34)38-17-10-12-31-11-4-5-15-37(31)38)36-26-28-42-46(30-36)50-45-20-9-7-18-41(45)48(42)35-25-27-40-39-16-6-8-19-43(39)49-44(40)29-35/h1-30H. The van der Waals surface area contributed by atoms with Crippen molar-refractivity contribution in [3.8, 4) is 11.1 Å². The minimum atomic E-state index is 0.889. The molecular formula is C46H30N2OS. The fraction of sp³-hybridized carbons (Fsp3) is 0. The fourth-order valence-corrected chi connectivity index (χ4v) is 8.40. The summed E-state index contributed by atoms with van der Waals surface area (Å²) in [6.45, 7) is 0. The van der Waals surface area contributed by atoms with Crippen molar-refractivity contribution in [2.45, 2.75) is 9.79 Å². The van der Waals surface area contributed by atoms with Gasteiger partial charge in [-0.1, -0.05) is 115 Å². The highest BCUT2D eigenvalue weighted by atomic mass is 32.2. The van der Waals surface area contributed by atoms with Crippen molar-refractivity contribution >= 4 is 78.6 Å². The van der Waals surface area contributed by atoms with E-state index in [0.717, 1.165) is 56.1 Å². The van der Waals surface area contributed by atoms with E-state index in [9.17, 15) is 0 Å². The summed E-state index contributed by atoms with van der Waals surface area (Å²) in [6.07, 6.45) is 0. The SMILES string of the molecule is c1ccc(N(c2ccc(-c3cccc4ccccc34)cc2)c2ccc3c(c2)Sc2ccccc2N3c2ccc3c(c2)oc2ccccc23)cc1. The molecule has 0 spiro atoms. The van der Waals surface area contributed by atoms with Crippen molar-refractivity contribution < 1.29 is 4.42 Å². The van der Waals surface area contributed by atoms with Crippen LogP contribution in [0.3, 0.4) is 0 Å². The molecule has 1 aromatic heterocycles. The number of anilines is 6. The lowest BCUT2D eigenvalue weighted by molar-refractivity contribution is 0.669. The molecule has 1 aliphatic rings. The van der Waals surface area contributed by atoms with Gasteiger partial charge in [-0.25, -0.2) is 0 Å². The van der Waals surface area contributed by atoms with Crippen LogP contribution in [0.15, 0.2) is 196 Å². The van der Waals surface area contributed by atoms with Crippen molar-refractivity contribution in [1.82, 2.24) is 0 Å². The number of rotatable bonds is 5. The molecule has 9 aromatic rings. The van der Waals surface area contributed by atoms with Gasteiger partial charge in [0.25, 0.3) is 0 Å². The van der Waals surface area contributed by atoms with Crippen LogP contribution in [-0.2, 0) is 0 Å². The molecule has 8 aromatic carbocycles. The molecule has 10 rings (SSSR count). The van der Waals surface area contributed by atoms with Crippen LogP contribution in [0.1, 0.15) is 0 Å². The van der Waals surface area contributed by atoms with Crippen molar-refractivity contribution in [3.63, 3.8) is 0 Å². The summed E-state index contributed by atoms with van der Waals surface area (Å²) in [5.74, 6) is 0. The van der Waals surface area contributed by atoms with Crippen LogP contribution in [0.25, 0.3) is 43.8 Å². The van der Waals surface area contributed by atoms with Crippen LogP contribution >= 0.6 is 11.8 Å². The molecule has 0 aliphatic carbocycles. The Morgan fingerprint density at radius 1 is 0.440 bits per heavy atom. The first kappa shape index (κ1) is 28.8. The summed E-state index contributed by atoms with van der Waals surface area (Å²) in [6, 6.07) is 65.0. The molecule has 2 heterocycles. The first-order valence-corrected chi connectivity index (χ1v) is 17.7. The van der Waals surface area contributed by atoms with Crippen molar-refractivity contribution in [3.05, 3.63) is 182 Å². The first-order chi connectivity index (χ1) is 24.8. The summed E-state index contributed by atoms with van der Waals surface area (Å²) in [4.78, 5) is 7.12. The van der Waals surface area contributed by atoms with E-state index in [0.29, 0.717) is 0 Å². The van der Waals surface area contributed by atoms with Gasteiger partial charge in [-0.05, 0) is 94.7 Å². The summed E-state index contributed by atoms with van der Waals surface area (Å²) in [5, 5.41) is 4.78. The normalized spacial score (nSPS) is 12.3. The first-order valence-electron chi connectivity index (χ1n) is 16.8. The third-order valence-corrected chi connectivity index (χ3v) is 10.7. The number of fused-ring (bicyclic) bond motifs is 6. The lowest BCUT2D eigenvalue weighted by Gasteiger charge is -2.34. The van der Waals surface area contributed by atoms with Crippen LogP contribution in [-0.4, -0.2) is 0 Å². The van der Waals surface area contributed by atoms with Crippen molar-refractivity contribution in [2.75, 3.05) is 9.80 Å². The second kappa shape index (κ2) is 11.7. The molecule has 4 heteroatoms. The van der Waals surface area contributed by atoms with Gasteiger partial charge in [0.15, 0.2) is 0 Å². The molecule has 0 atom stereocenters. The van der Waals surface area contributed by atoms with Crippen molar-refractivity contribution in [2.24, 2.45) is 0 Å². The zero-order valence-electron chi connectivity index (χ0n) is 27.0. The molecule has 0 unspecified atom stereocenters. The number of hydrogen-bond donors (Lipinski definition) is 0. The minimum absolute atomic E-state index is 0.889. The second-order valence-corrected chi connectivity index (χ2v) is 13.7. The maximum atomic E-state index is 6.33. The Kier molecular flexibility index (Phi) is 6.74. The molecule has 50 heavy (non-hydrogen) atoms. The Hall–Kier alpha value is -6.23. The maximum absolute atomic E-state index is 6.33. The fourth-order valence-electron chi connectivity index (χ4n) is 7.31. The molecule has 0 amide bonds. The monoisotopic (exact) mass is 658 g/mol. The Balaban J connectivity index is 1.08. The average Bonchev–Trinajstić information content (AvgIpc) is 3.55. The Bertz CT molecular complexity index is 2690. The number of hydrogen-bond acceptors (Lipinski definition) is 4. The topological polar surface area (TPSA) is 19.6 Å². The number of furan rings is 1. The van der Waals surface area contributed by atoms with E-state index in [1.54, 1.807) is 0 Å². The quantitative estimate of drug-likeness (QED) is 0.183. The van der Waals surface area contributed by atoms with Gasteiger partial charge in [-0.15, -0.1) is 0 Å². The summed E-state index contributed by atoms with van der Waals surface area (Å²) < 4.78 is 6.33. The van der Waals surface area contributed by atoms with E-state index in [1.165, 1.54) is 31.7 Å². The van der Waals surface area contributed by atoms with E-state index >= 15 is 0 Å². The third-order valence-electron chi connectivity index (χ3n) is 9.63. The smallest absolute Gasteiger partial charge is 0.137 e. The van der Waals surface area contributed by atoms with Gasteiger partial charge < -0.3 is 14.2 Å². The van der Waals surface area contributed by atoms with Gasteiger partial charge in [0.05, 0.1) is 11.4 Å². The van der Waals surface area contributed by atoms with Gasteiger partial charge in [-0.3, -0.25) is 0 Å². The van der Waals surface area contributed by atoms with Crippen LogP contribution in [0.4, 0.5) is 34.1 Å². The highest BCUT2D eigenvalue weighted by Gasteiger charge is 2.27. The van der Waals surface area contributed by atoms with Crippen LogP contribution in [0.5, 0.6) is 0 Å². The zero-order valence-corrected chi connectivity index (χ0v) is 27.8. The third kappa shape index (κ3) is 4.76. The number of benzene rings is 8. The van der Waals surface area contributed by atoms with E-state index in [-0.39, 0.29) is 0 Å². The Morgan fingerprint density at radius 3 is 2.02 bits per heavy atom. The van der Waals surface area contributed by atoms with Gasteiger partial charge in [0.2, 0.25) is 0 Å². The molecule has 236 valence electrons. The van der Waals surface area contributed by atoms with E-state index in [2.05, 4.69) is 180 Å². The number of para-hydroxylation sites is 3. The maximum Gasteiger partial charge on any atom is 0.137 e. The molecule has 1 aliphatic heterocycles. The summed E-state index contributed by atoms with van der Waals surface area (Å²) in [7, 11) is 0. The average molecular weight is 659 g/mol.